The highest BCUT2D eigenvalue weighted by molar-refractivity contribution is 5.52. The molecule has 0 saturated heterocycles. The van der Waals surface area contributed by atoms with Crippen LogP contribution >= 0.6 is 0 Å². The number of ether oxygens (including phenoxy) is 2. The Kier molecular flexibility index (Phi) is 2.87. The van der Waals surface area contributed by atoms with E-state index in [1.807, 2.05) is 19.9 Å². The Morgan fingerprint density at radius 1 is 1.53 bits per heavy atom. The van der Waals surface area contributed by atoms with E-state index < -0.39 is 0 Å². The first-order valence-corrected chi connectivity index (χ1v) is 5.67. The smallest absolute Gasteiger partial charge is 0.208 e. The number of rotatable bonds is 3. The molecule has 1 N–H and O–H groups in total. The van der Waals surface area contributed by atoms with Crippen molar-refractivity contribution in [1.82, 2.24) is 0 Å². The molecule has 17 heavy (non-hydrogen) atoms. The Bertz CT molecular complexity index is 449. The number of hydrogen-bond acceptors (Lipinski definition) is 3. The van der Waals surface area contributed by atoms with Crippen LogP contribution in [0, 0.1) is 0 Å². The Labute approximate surface area is 102 Å². The van der Waals surface area contributed by atoms with Crippen LogP contribution in [0.5, 0.6) is 11.5 Å². The van der Waals surface area contributed by atoms with Crippen LogP contribution in [-0.4, -0.2) is 18.5 Å². The standard InChI is InChI=1S/C14H18O3/c1-5-6-9-7-12-10(8-11(9)15)14(2,3)13(16-4)17-12/h5,7-8,13,15H,1,6H2,2-4H3/t13-/m1/s1. The molecule has 1 atom stereocenters. The average Bonchev–Trinajstić information content (AvgIpc) is 2.52. The number of allylic oxidation sites excluding steroid dienone is 1. The number of fused-ring (bicyclic) bond motifs is 1. The van der Waals surface area contributed by atoms with Gasteiger partial charge in [-0.1, -0.05) is 6.08 Å². The number of hydrogen-bond donors (Lipinski definition) is 1. The molecule has 0 bridgehead atoms. The summed E-state index contributed by atoms with van der Waals surface area (Å²) in [4.78, 5) is 0. The molecule has 1 aliphatic rings. The van der Waals surface area contributed by atoms with Crippen molar-refractivity contribution in [2.75, 3.05) is 7.11 Å². The molecule has 0 fully saturated rings. The molecule has 0 saturated carbocycles. The van der Waals surface area contributed by atoms with Crippen LogP contribution < -0.4 is 4.74 Å². The predicted molar refractivity (Wildman–Crippen MR) is 66.5 cm³/mol. The first kappa shape index (κ1) is 12.0. The summed E-state index contributed by atoms with van der Waals surface area (Å²) in [7, 11) is 1.63. The Morgan fingerprint density at radius 3 is 2.82 bits per heavy atom. The normalized spacial score (nSPS) is 20.8. The van der Waals surface area contributed by atoms with E-state index in [-0.39, 0.29) is 17.5 Å². The average molecular weight is 234 g/mol. The van der Waals surface area contributed by atoms with Crippen LogP contribution in [-0.2, 0) is 16.6 Å². The van der Waals surface area contributed by atoms with Crippen LogP contribution in [0.25, 0.3) is 0 Å². The van der Waals surface area contributed by atoms with E-state index >= 15 is 0 Å². The quantitative estimate of drug-likeness (QED) is 0.817. The SMILES string of the molecule is C=CCc1cc2c(cc1O)C(C)(C)[C@H](OC)O2. The van der Waals surface area contributed by atoms with Crippen molar-refractivity contribution in [2.24, 2.45) is 0 Å². The lowest BCUT2D eigenvalue weighted by Crippen LogP contribution is -2.33. The first-order valence-electron chi connectivity index (χ1n) is 5.67. The molecule has 0 unspecified atom stereocenters. The highest BCUT2D eigenvalue weighted by Crippen LogP contribution is 2.45. The monoisotopic (exact) mass is 234 g/mol. The minimum absolute atomic E-state index is 0.256. The second kappa shape index (κ2) is 4.08. The van der Waals surface area contributed by atoms with Gasteiger partial charge in [-0.05, 0) is 32.4 Å². The molecule has 1 aromatic rings. The van der Waals surface area contributed by atoms with Crippen molar-refractivity contribution in [3.63, 3.8) is 0 Å². The summed E-state index contributed by atoms with van der Waals surface area (Å²) >= 11 is 0. The van der Waals surface area contributed by atoms with Crippen LogP contribution in [0.4, 0.5) is 0 Å². The predicted octanol–water partition coefficient (Wildman–Crippen LogP) is 2.76. The molecule has 2 rings (SSSR count). The molecule has 0 spiro atoms. The van der Waals surface area contributed by atoms with Crippen molar-refractivity contribution < 1.29 is 14.6 Å². The molecule has 0 amide bonds. The fourth-order valence-electron chi connectivity index (χ4n) is 2.26. The largest absolute Gasteiger partial charge is 0.508 e. The van der Waals surface area contributed by atoms with Crippen molar-refractivity contribution in [3.05, 3.63) is 35.9 Å². The molecule has 0 aromatic heterocycles. The molecule has 92 valence electrons. The Morgan fingerprint density at radius 2 is 2.24 bits per heavy atom. The minimum Gasteiger partial charge on any atom is -0.508 e. The van der Waals surface area contributed by atoms with Crippen molar-refractivity contribution in [3.8, 4) is 11.5 Å². The zero-order chi connectivity index (χ0) is 12.6. The van der Waals surface area contributed by atoms with Crippen LogP contribution in [0.15, 0.2) is 24.8 Å². The van der Waals surface area contributed by atoms with Crippen LogP contribution in [0.1, 0.15) is 25.0 Å². The molecule has 3 heteroatoms. The topological polar surface area (TPSA) is 38.7 Å². The third-order valence-electron chi connectivity index (χ3n) is 3.28. The highest BCUT2D eigenvalue weighted by atomic mass is 16.7. The van der Waals surface area contributed by atoms with E-state index in [0.29, 0.717) is 6.42 Å². The fourth-order valence-corrected chi connectivity index (χ4v) is 2.26. The van der Waals surface area contributed by atoms with Crippen LogP contribution in [0.3, 0.4) is 0 Å². The maximum Gasteiger partial charge on any atom is 0.208 e. The zero-order valence-corrected chi connectivity index (χ0v) is 10.5. The summed E-state index contributed by atoms with van der Waals surface area (Å²) < 4.78 is 11.1. The summed E-state index contributed by atoms with van der Waals surface area (Å²) in [5.41, 5.74) is 1.55. The third-order valence-corrected chi connectivity index (χ3v) is 3.28. The molecular weight excluding hydrogens is 216 g/mol. The zero-order valence-electron chi connectivity index (χ0n) is 10.5. The maximum absolute atomic E-state index is 9.95. The van der Waals surface area contributed by atoms with Gasteiger partial charge >= 0.3 is 0 Å². The van der Waals surface area contributed by atoms with Gasteiger partial charge < -0.3 is 14.6 Å². The fraction of sp³-hybridized carbons (Fsp3) is 0.429. The van der Waals surface area contributed by atoms with Crippen LogP contribution in [0.2, 0.25) is 0 Å². The molecule has 1 aromatic carbocycles. The van der Waals surface area contributed by atoms with Crippen molar-refractivity contribution in [1.29, 1.82) is 0 Å². The van der Waals surface area contributed by atoms with E-state index in [2.05, 4.69) is 6.58 Å². The molecule has 1 aliphatic heterocycles. The maximum atomic E-state index is 9.95. The lowest BCUT2D eigenvalue weighted by molar-refractivity contribution is -0.0779. The van der Waals surface area contributed by atoms with Gasteiger partial charge in [-0.3, -0.25) is 0 Å². The Balaban J connectivity index is 2.48. The summed E-state index contributed by atoms with van der Waals surface area (Å²) in [5, 5.41) is 9.95. The van der Waals surface area contributed by atoms with E-state index in [1.165, 1.54) is 0 Å². The molecular formula is C14H18O3. The second-order valence-electron chi connectivity index (χ2n) is 4.88. The minimum atomic E-state index is -0.309. The Hall–Kier alpha value is -1.48. The number of benzene rings is 1. The molecule has 0 aliphatic carbocycles. The van der Waals surface area contributed by atoms with E-state index in [9.17, 15) is 5.11 Å². The number of aromatic hydroxyl groups is 1. The summed E-state index contributed by atoms with van der Waals surface area (Å²) in [6.07, 6.45) is 2.08. The third kappa shape index (κ3) is 1.80. The van der Waals surface area contributed by atoms with Gasteiger partial charge in [0.05, 0.1) is 5.41 Å². The summed E-state index contributed by atoms with van der Waals surface area (Å²) in [6.45, 7) is 7.76. The number of phenols is 1. The number of phenolic OH excluding ortho intramolecular Hbond substituents is 1. The van der Waals surface area contributed by atoms with Gasteiger partial charge in [-0.2, -0.15) is 0 Å². The van der Waals surface area contributed by atoms with Gasteiger partial charge in [-0.15, -0.1) is 6.58 Å². The van der Waals surface area contributed by atoms with E-state index in [0.717, 1.165) is 16.9 Å². The van der Waals surface area contributed by atoms with Gasteiger partial charge in [0.2, 0.25) is 6.29 Å². The molecule has 1 heterocycles. The van der Waals surface area contributed by atoms with Gasteiger partial charge in [0.25, 0.3) is 0 Å². The lowest BCUT2D eigenvalue weighted by atomic mass is 9.84. The van der Waals surface area contributed by atoms with Crippen molar-refractivity contribution >= 4 is 0 Å². The van der Waals surface area contributed by atoms with Gasteiger partial charge in [0, 0.05) is 18.2 Å². The van der Waals surface area contributed by atoms with Gasteiger partial charge in [-0.25, -0.2) is 0 Å². The number of methoxy groups -OCH3 is 1. The lowest BCUT2D eigenvalue weighted by Gasteiger charge is -2.24. The molecule has 0 radical (unpaired) electrons. The second-order valence-corrected chi connectivity index (χ2v) is 4.88. The van der Waals surface area contributed by atoms with E-state index in [4.69, 9.17) is 9.47 Å². The highest BCUT2D eigenvalue weighted by Gasteiger charge is 2.42. The summed E-state index contributed by atoms with van der Waals surface area (Å²) in [5.74, 6) is 1.08. The van der Waals surface area contributed by atoms with Gasteiger partial charge in [0.1, 0.15) is 11.5 Å². The van der Waals surface area contributed by atoms with Crippen molar-refractivity contribution in [2.45, 2.75) is 32.0 Å². The first-order chi connectivity index (χ1) is 8.00. The molecule has 3 nitrogen and oxygen atoms in total. The summed E-state index contributed by atoms with van der Waals surface area (Å²) in [6, 6.07) is 3.64. The van der Waals surface area contributed by atoms with E-state index in [1.54, 1.807) is 19.3 Å². The van der Waals surface area contributed by atoms with Gasteiger partial charge in [0.15, 0.2) is 0 Å².